The first-order valence-corrected chi connectivity index (χ1v) is 8.86. The van der Waals surface area contributed by atoms with E-state index in [1.807, 2.05) is 38.1 Å². The van der Waals surface area contributed by atoms with Crippen molar-refractivity contribution in [2.45, 2.75) is 13.8 Å². The highest BCUT2D eigenvalue weighted by Gasteiger charge is 2.27. The average Bonchev–Trinajstić information content (AvgIpc) is 3.12. The molecule has 0 saturated heterocycles. The van der Waals surface area contributed by atoms with Crippen molar-refractivity contribution >= 4 is 23.2 Å². The molecule has 1 aliphatic rings. The van der Waals surface area contributed by atoms with Crippen LogP contribution in [0.15, 0.2) is 53.1 Å². The van der Waals surface area contributed by atoms with Gasteiger partial charge in [0.2, 0.25) is 11.8 Å². The third kappa shape index (κ3) is 3.46. The van der Waals surface area contributed by atoms with Crippen LogP contribution in [0.3, 0.4) is 0 Å². The zero-order chi connectivity index (χ0) is 19.7. The molecule has 3 aromatic rings. The average molecular weight is 377 g/mol. The lowest BCUT2D eigenvalue weighted by atomic mass is 10.1. The number of hydrogen-bond donors (Lipinski definition) is 1. The van der Waals surface area contributed by atoms with Crippen LogP contribution < -0.4 is 15.0 Å². The number of nitrogens with zero attached hydrogens (tertiary/aromatic N) is 2. The Bertz CT molecular complexity index is 1060. The maximum Gasteiger partial charge on any atom is 0.265 e. The number of fused-ring (bicyclic) bond motifs is 1. The number of aryl methyl sites for hydroxylation is 2. The summed E-state index contributed by atoms with van der Waals surface area (Å²) in [5.74, 6) is 0.535. The van der Waals surface area contributed by atoms with Crippen molar-refractivity contribution in [1.29, 1.82) is 0 Å². The fourth-order valence-electron chi connectivity index (χ4n) is 3.08. The fourth-order valence-corrected chi connectivity index (χ4v) is 3.08. The number of carbonyl (C=O) groups is 2. The van der Waals surface area contributed by atoms with E-state index in [0.717, 1.165) is 16.8 Å². The van der Waals surface area contributed by atoms with Crippen molar-refractivity contribution in [2.75, 3.05) is 23.4 Å². The number of hydrogen-bond acceptors (Lipinski definition) is 5. The Hall–Kier alpha value is -3.61. The maximum atomic E-state index is 12.6. The molecular weight excluding hydrogens is 358 g/mol. The highest BCUT2D eigenvalue weighted by molar-refractivity contribution is 6.05. The van der Waals surface area contributed by atoms with Gasteiger partial charge >= 0.3 is 0 Å². The highest BCUT2D eigenvalue weighted by Crippen LogP contribution is 2.31. The molecule has 0 fully saturated rings. The summed E-state index contributed by atoms with van der Waals surface area (Å²) in [5.41, 5.74) is 3.77. The molecule has 7 nitrogen and oxygen atoms in total. The number of nitrogens with one attached hydrogen (secondary N) is 1. The third-order valence-electron chi connectivity index (χ3n) is 4.48. The van der Waals surface area contributed by atoms with E-state index in [-0.39, 0.29) is 25.0 Å². The summed E-state index contributed by atoms with van der Waals surface area (Å²) < 4.78 is 10.9. The highest BCUT2D eigenvalue weighted by atomic mass is 16.5. The molecule has 0 aliphatic carbocycles. The molecule has 1 aromatic heterocycles. The van der Waals surface area contributed by atoms with Crippen LogP contribution in [-0.4, -0.2) is 29.9 Å². The van der Waals surface area contributed by atoms with Crippen molar-refractivity contribution < 1.29 is 18.7 Å². The van der Waals surface area contributed by atoms with Gasteiger partial charge < -0.3 is 14.5 Å². The Morgan fingerprint density at radius 3 is 2.82 bits per heavy atom. The number of benzene rings is 2. The van der Waals surface area contributed by atoms with Crippen molar-refractivity contribution in [3.8, 4) is 17.2 Å². The van der Waals surface area contributed by atoms with Gasteiger partial charge in [-0.05, 0) is 43.7 Å². The van der Waals surface area contributed by atoms with Gasteiger partial charge in [-0.25, -0.2) is 4.98 Å². The van der Waals surface area contributed by atoms with Gasteiger partial charge in [-0.3, -0.25) is 14.5 Å². The summed E-state index contributed by atoms with van der Waals surface area (Å²) in [7, 11) is 0. The van der Waals surface area contributed by atoms with E-state index in [2.05, 4.69) is 10.3 Å². The second-order valence-electron chi connectivity index (χ2n) is 6.61. The van der Waals surface area contributed by atoms with Crippen LogP contribution in [0.2, 0.25) is 0 Å². The minimum Gasteiger partial charge on any atom is -0.482 e. The molecule has 2 amide bonds. The monoisotopic (exact) mass is 377 g/mol. The lowest BCUT2D eigenvalue weighted by Crippen LogP contribution is -2.43. The first kappa shape index (κ1) is 17.8. The molecule has 0 bridgehead atoms. The first-order chi connectivity index (χ1) is 13.5. The minimum absolute atomic E-state index is 0.0809. The van der Waals surface area contributed by atoms with Crippen LogP contribution in [0.5, 0.6) is 5.75 Å². The molecule has 0 saturated carbocycles. The van der Waals surface area contributed by atoms with Crippen LogP contribution in [0.1, 0.15) is 11.3 Å². The lowest BCUT2D eigenvalue weighted by molar-refractivity contribution is -0.123. The van der Waals surface area contributed by atoms with Gasteiger partial charge in [-0.1, -0.05) is 18.2 Å². The Morgan fingerprint density at radius 1 is 1.21 bits per heavy atom. The second-order valence-corrected chi connectivity index (χ2v) is 6.61. The van der Waals surface area contributed by atoms with Crippen LogP contribution >= 0.6 is 0 Å². The van der Waals surface area contributed by atoms with E-state index in [1.54, 1.807) is 24.5 Å². The van der Waals surface area contributed by atoms with E-state index >= 15 is 0 Å². The molecule has 0 spiro atoms. The van der Waals surface area contributed by atoms with Crippen molar-refractivity contribution in [2.24, 2.45) is 0 Å². The van der Waals surface area contributed by atoms with Gasteiger partial charge in [0.25, 0.3) is 5.91 Å². The summed E-state index contributed by atoms with van der Waals surface area (Å²) in [6, 6.07) is 12.7. The number of aromatic nitrogens is 1. The van der Waals surface area contributed by atoms with Gasteiger partial charge in [0, 0.05) is 11.3 Å². The standard InChI is InChI=1S/C21H19N3O4/c1-13-7-8-15(9-16(13)21-22-14(2)11-28-21)23-19(25)10-24-17-5-3-4-6-18(17)27-12-20(24)26/h3-9,11H,10,12H2,1-2H3,(H,23,25). The topological polar surface area (TPSA) is 84.7 Å². The van der Waals surface area contributed by atoms with E-state index in [9.17, 15) is 9.59 Å². The molecule has 4 rings (SSSR count). The number of oxazole rings is 1. The molecule has 1 N–H and O–H groups in total. The smallest absolute Gasteiger partial charge is 0.265 e. The molecule has 7 heteroatoms. The maximum absolute atomic E-state index is 12.6. The molecule has 142 valence electrons. The van der Waals surface area contributed by atoms with Crippen LogP contribution in [0, 0.1) is 13.8 Å². The molecule has 1 aliphatic heterocycles. The van der Waals surface area contributed by atoms with Gasteiger partial charge in [0.1, 0.15) is 18.6 Å². The molecular formula is C21H19N3O4. The van der Waals surface area contributed by atoms with Gasteiger partial charge in [0.05, 0.1) is 11.4 Å². The molecule has 2 aromatic carbocycles. The van der Waals surface area contributed by atoms with Crippen LogP contribution in [-0.2, 0) is 9.59 Å². The fraction of sp³-hybridized carbons (Fsp3) is 0.190. The number of para-hydroxylation sites is 2. The zero-order valence-electron chi connectivity index (χ0n) is 15.6. The molecule has 0 unspecified atom stereocenters. The summed E-state index contributed by atoms with van der Waals surface area (Å²) in [6.07, 6.45) is 1.58. The first-order valence-electron chi connectivity index (χ1n) is 8.86. The number of rotatable bonds is 4. The van der Waals surface area contributed by atoms with Crippen LogP contribution in [0.4, 0.5) is 11.4 Å². The number of amides is 2. The van der Waals surface area contributed by atoms with E-state index in [4.69, 9.17) is 9.15 Å². The quantitative estimate of drug-likeness (QED) is 0.754. The van der Waals surface area contributed by atoms with E-state index in [0.29, 0.717) is 23.0 Å². The molecule has 2 heterocycles. The summed E-state index contributed by atoms with van der Waals surface area (Å²) in [5, 5.41) is 2.84. The Morgan fingerprint density at radius 2 is 2.04 bits per heavy atom. The van der Waals surface area contributed by atoms with Crippen molar-refractivity contribution in [3.63, 3.8) is 0 Å². The van der Waals surface area contributed by atoms with Gasteiger partial charge in [-0.2, -0.15) is 0 Å². The molecule has 28 heavy (non-hydrogen) atoms. The van der Waals surface area contributed by atoms with Gasteiger partial charge in [-0.15, -0.1) is 0 Å². The Balaban J connectivity index is 1.52. The number of carbonyl (C=O) groups excluding carboxylic acids is 2. The summed E-state index contributed by atoms with van der Waals surface area (Å²) in [6.45, 7) is 3.62. The molecule has 0 atom stereocenters. The van der Waals surface area contributed by atoms with Crippen LogP contribution in [0.25, 0.3) is 11.5 Å². The Labute approximate surface area is 161 Å². The SMILES string of the molecule is Cc1coc(-c2cc(NC(=O)CN3C(=O)COc4ccccc43)ccc2C)n1. The normalized spacial score (nSPS) is 13.1. The Kier molecular flexibility index (Phi) is 4.57. The van der Waals surface area contributed by atoms with Crippen molar-refractivity contribution in [3.05, 3.63) is 60.0 Å². The molecule has 0 radical (unpaired) electrons. The predicted octanol–water partition coefficient (Wildman–Crippen LogP) is 3.32. The number of anilines is 2. The summed E-state index contributed by atoms with van der Waals surface area (Å²) in [4.78, 5) is 30.6. The number of ether oxygens (including phenoxy) is 1. The van der Waals surface area contributed by atoms with E-state index in [1.165, 1.54) is 4.90 Å². The van der Waals surface area contributed by atoms with Crippen molar-refractivity contribution in [1.82, 2.24) is 4.98 Å². The lowest BCUT2D eigenvalue weighted by Gasteiger charge is -2.28. The second kappa shape index (κ2) is 7.19. The van der Waals surface area contributed by atoms with E-state index < -0.39 is 0 Å². The van der Waals surface area contributed by atoms with Gasteiger partial charge in [0.15, 0.2) is 6.61 Å². The summed E-state index contributed by atoms with van der Waals surface area (Å²) >= 11 is 0. The third-order valence-corrected chi connectivity index (χ3v) is 4.48. The predicted molar refractivity (Wildman–Crippen MR) is 104 cm³/mol. The zero-order valence-corrected chi connectivity index (χ0v) is 15.6. The largest absolute Gasteiger partial charge is 0.482 e. The minimum atomic E-state index is -0.302.